The molecule has 4 rings (SSSR count). The lowest BCUT2D eigenvalue weighted by Gasteiger charge is -2.16. The van der Waals surface area contributed by atoms with E-state index in [4.69, 9.17) is 11.6 Å². The zero-order valence-corrected chi connectivity index (χ0v) is 16.7. The average molecular weight is 414 g/mol. The van der Waals surface area contributed by atoms with E-state index in [1.807, 2.05) is 6.20 Å². The minimum atomic E-state index is -0.542. The molecule has 1 aromatic heterocycles. The van der Waals surface area contributed by atoms with Gasteiger partial charge in [-0.2, -0.15) is 0 Å². The van der Waals surface area contributed by atoms with Crippen LogP contribution in [0, 0.1) is 18.7 Å². The molecule has 2 heterocycles. The molecular weight excluding hydrogens is 393 g/mol. The van der Waals surface area contributed by atoms with Gasteiger partial charge in [-0.05, 0) is 49.2 Å². The zero-order valence-electron chi connectivity index (χ0n) is 16.0. The Bertz CT molecular complexity index is 1090. The minimum absolute atomic E-state index is 0.0293. The molecule has 5 nitrogen and oxygen atoms in total. The van der Waals surface area contributed by atoms with Gasteiger partial charge in [0.1, 0.15) is 5.82 Å². The Morgan fingerprint density at radius 1 is 1.31 bits per heavy atom. The van der Waals surface area contributed by atoms with Crippen LogP contribution in [0.25, 0.3) is 10.9 Å². The highest BCUT2D eigenvalue weighted by Crippen LogP contribution is 2.24. The summed E-state index contributed by atoms with van der Waals surface area (Å²) in [6.45, 7) is 2.99. The molecule has 0 saturated carbocycles. The topological polar surface area (TPSA) is 65.2 Å². The van der Waals surface area contributed by atoms with Gasteiger partial charge in [0.2, 0.25) is 11.8 Å². The van der Waals surface area contributed by atoms with Crippen LogP contribution >= 0.6 is 11.6 Å². The summed E-state index contributed by atoms with van der Waals surface area (Å²) in [5.41, 5.74) is 3.84. The number of nitrogens with zero attached hydrogens (tertiary/aromatic N) is 1. The summed E-state index contributed by atoms with van der Waals surface area (Å²) in [5, 5.41) is 3.83. The van der Waals surface area contributed by atoms with Crippen LogP contribution in [0.1, 0.15) is 17.5 Å². The Morgan fingerprint density at radius 2 is 2.14 bits per heavy atom. The summed E-state index contributed by atoms with van der Waals surface area (Å²) in [5.74, 6) is -1.26. The van der Waals surface area contributed by atoms with Crippen molar-refractivity contribution < 1.29 is 14.0 Å². The number of carbonyl (C=O) groups is 2. The molecular formula is C22H21ClFN3O2. The number of likely N-dealkylation sites (tertiary alicyclic amines) is 1. The van der Waals surface area contributed by atoms with Gasteiger partial charge < -0.3 is 15.2 Å². The van der Waals surface area contributed by atoms with Crippen molar-refractivity contribution in [3.8, 4) is 0 Å². The fraction of sp³-hybridized carbons (Fsp3) is 0.273. The van der Waals surface area contributed by atoms with E-state index in [-0.39, 0.29) is 23.3 Å². The molecule has 150 valence electrons. The highest BCUT2D eigenvalue weighted by atomic mass is 35.5. The third kappa shape index (κ3) is 4.12. The summed E-state index contributed by atoms with van der Waals surface area (Å²) < 4.78 is 13.3. The molecule has 1 aliphatic rings. The Hall–Kier alpha value is -2.86. The van der Waals surface area contributed by atoms with Crippen LogP contribution in [0.5, 0.6) is 0 Å². The predicted octanol–water partition coefficient (Wildman–Crippen LogP) is 4.30. The van der Waals surface area contributed by atoms with Gasteiger partial charge in [-0.15, -0.1) is 0 Å². The lowest BCUT2D eigenvalue weighted by molar-refractivity contribution is -0.128. The van der Waals surface area contributed by atoms with Crippen LogP contribution < -0.4 is 5.32 Å². The molecule has 1 fully saturated rings. The highest BCUT2D eigenvalue weighted by Gasteiger charge is 2.34. The Labute approximate surface area is 172 Å². The lowest BCUT2D eigenvalue weighted by Crippen LogP contribution is -2.30. The first-order valence-corrected chi connectivity index (χ1v) is 9.89. The van der Waals surface area contributed by atoms with Crippen LogP contribution in [0.3, 0.4) is 0 Å². The van der Waals surface area contributed by atoms with E-state index in [2.05, 4.69) is 35.4 Å². The van der Waals surface area contributed by atoms with E-state index in [1.165, 1.54) is 29.1 Å². The number of aryl methyl sites for hydroxylation is 1. The summed E-state index contributed by atoms with van der Waals surface area (Å²) in [7, 11) is 0. The monoisotopic (exact) mass is 413 g/mol. The maximum absolute atomic E-state index is 13.3. The molecule has 0 spiro atoms. The number of hydrogen-bond acceptors (Lipinski definition) is 2. The third-order valence-corrected chi connectivity index (χ3v) is 5.64. The number of rotatable bonds is 5. The molecule has 29 heavy (non-hydrogen) atoms. The van der Waals surface area contributed by atoms with Gasteiger partial charge in [-0.3, -0.25) is 9.59 Å². The van der Waals surface area contributed by atoms with Crippen molar-refractivity contribution in [2.45, 2.75) is 19.8 Å². The largest absolute Gasteiger partial charge is 0.361 e. The van der Waals surface area contributed by atoms with Crippen molar-refractivity contribution in [2.24, 2.45) is 5.92 Å². The number of H-pyrrole nitrogens is 1. The Kier molecular flexibility index (Phi) is 5.28. The molecule has 1 saturated heterocycles. The molecule has 2 aromatic carbocycles. The van der Waals surface area contributed by atoms with Gasteiger partial charge in [0.25, 0.3) is 0 Å². The maximum Gasteiger partial charge on any atom is 0.229 e. The van der Waals surface area contributed by atoms with Crippen molar-refractivity contribution >= 4 is 40.0 Å². The van der Waals surface area contributed by atoms with E-state index in [9.17, 15) is 14.0 Å². The first-order chi connectivity index (χ1) is 13.9. The molecule has 0 bridgehead atoms. The molecule has 1 aliphatic heterocycles. The number of anilines is 1. The van der Waals surface area contributed by atoms with Gasteiger partial charge in [-0.1, -0.05) is 23.2 Å². The van der Waals surface area contributed by atoms with Gasteiger partial charge in [0.15, 0.2) is 0 Å². The van der Waals surface area contributed by atoms with E-state index < -0.39 is 11.7 Å². The first kappa shape index (κ1) is 19.5. The molecule has 0 aliphatic carbocycles. The number of aromatic nitrogens is 1. The fourth-order valence-electron chi connectivity index (χ4n) is 3.74. The van der Waals surface area contributed by atoms with Crippen molar-refractivity contribution in [1.82, 2.24) is 9.88 Å². The number of hydrogen-bond donors (Lipinski definition) is 2. The fourth-order valence-corrected chi connectivity index (χ4v) is 3.92. The van der Waals surface area contributed by atoms with Crippen LogP contribution in [0.2, 0.25) is 5.02 Å². The smallest absolute Gasteiger partial charge is 0.229 e. The molecule has 7 heteroatoms. The summed E-state index contributed by atoms with van der Waals surface area (Å²) in [4.78, 5) is 29.9. The molecule has 3 aromatic rings. The van der Waals surface area contributed by atoms with Crippen LogP contribution in [-0.4, -0.2) is 34.8 Å². The van der Waals surface area contributed by atoms with Crippen LogP contribution in [0.15, 0.2) is 42.6 Å². The van der Waals surface area contributed by atoms with Gasteiger partial charge in [0, 0.05) is 42.3 Å². The normalized spacial score (nSPS) is 16.6. The number of benzene rings is 2. The van der Waals surface area contributed by atoms with E-state index in [1.54, 1.807) is 4.90 Å². The number of nitrogens with one attached hydrogen (secondary N) is 2. The van der Waals surface area contributed by atoms with E-state index >= 15 is 0 Å². The van der Waals surface area contributed by atoms with Crippen molar-refractivity contribution in [3.05, 3.63) is 64.6 Å². The summed E-state index contributed by atoms with van der Waals surface area (Å²) in [6, 6.07) is 10.3. The summed E-state index contributed by atoms with van der Waals surface area (Å²) in [6.07, 6.45) is 2.87. The molecule has 1 atom stereocenters. The van der Waals surface area contributed by atoms with E-state index in [0.29, 0.717) is 18.8 Å². The Morgan fingerprint density at radius 3 is 2.93 bits per heavy atom. The molecule has 2 N–H and O–H groups in total. The van der Waals surface area contributed by atoms with Gasteiger partial charge in [0.05, 0.1) is 10.9 Å². The standard InChI is InChI=1S/C22H21ClFN3O2/c1-13-2-5-20-17(8-13)14(11-25-20)6-7-27-12-15(9-21(27)28)22(29)26-16-3-4-19(24)18(23)10-16/h2-5,8,10-11,15,25H,6-7,9,12H2,1H3,(H,26,29). The van der Waals surface area contributed by atoms with Crippen molar-refractivity contribution in [2.75, 3.05) is 18.4 Å². The van der Waals surface area contributed by atoms with Gasteiger partial charge in [-0.25, -0.2) is 4.39 Å². The third-order valence-electron chi connectivity index (χ3n) is 5.35. The van der Waals surface area contributed by atoms with Crippen molar-refractivity contribution in [1.29, 1.82) is 0 Å². The van der Waals surface area contributed by atoms with Crippen LogP contribution in [0.4, 0.5) is 10.1 Å². The average Bonchev–Trinajstić information content (AvgIpc) is 3.26. The Balaban J connectivity index is 1.37. The highest BCUT2D eigenvalue weighted by molar-refractivity contribution is 6.31. The van der Waals surface area contributed by atoms with Crippen molar-refractivity contribution in [3.63, 3.8) is 0 Å². The zero-order chi connectivity index (χ0) is 20.5. The second-order valence-corrected chi connectivity index (χ2v) is 7.88. The van der Waals surface area contributed by atoms with Gasteiger partial charge >= 0.3 is 0 Å². The number of amides is 2. The maximum atomic E-state index is 13.3. The first-order valence-electron chi connectivity index (χ1n) is 9.51. The molecule has 2 amide bonds. The number of carbonyl (C=O) groups excluding carboxylic acids is 2. The number of aromatic amines is 1. The summed E-state index contributed by atoms with van der Waals surface area (Å²) >= 11 is 5.75. The second kappa shape index (κ2) is 7.87. The quantitative estimate of drug-likeness (QED) is 0.655. The minimum Gasteiger partial charge on any atom is -0.361 e. The predicted molar refractivity (Wildman–Crippen MR) is 111 cm³/mol. The SMILES string of the molecule is Cc1ccc2[nH]cc(CCN3CC(C(=O)Nc4ccc(F)c(Cl)c4)CC3=O)c2c1. The van der Waals surface area contributed by atoms with Crippen LogP contribution in [-0.2, 0) is 16.0 Å². The molecule has 1 unspecified atom stereocenters. The second-order valence-electron chi connectivity index (χ2n) is 7.47. The lowest BCUT2D eigenvalue weighted by atomic mass is 10.1. The molecule has 0 radical (unpaired) electrons. The number of fused-ring (bicyclic) bond motifs is 1. The van der Waals surface area contributed by atoms with E-state index in [0.717, 1.165) is 17.5 Å². The number of halogens is 2.